The summed E-state index contributed by atoms with van der Waals surface area (Å²) in [5, 5.41) is 32.6. The van der Waals surface area contributed by atoms with Crippen molar-refractivity contribution in [2.75, 3.05) is 37.7 Å². The van der Waals surface area contributed by atoms with Gasteiger partial charge >= 0.3 is 6.09 Å². The predicted molar refractivity (Wildman–Crippen MR) is 438 cm³/mol. The van der Waals surface area contributed by atoms with Gasteiger partial charge < -0.3 is 73.7 Å². The second kappa shape index (κ2) is 46.4. The van der Waals surface area contributed by atoms with E-state index in [4.69, 9.17) is 26.4 Å². The third-order valence-corrected chi connectivity index (χ3v) is 21.8. The molecule has 1 saturated heterocycles. The van der Waals surface area contributed by atoms with Crippen LogP contribution in [0.4, 0.5) is 4.79 Å². The van der Waals surface area contributed by atoms with Crippen molar-refractivity contribution in [2.24, 2.45) is 11.5 Å². The molecule has 15 N–H and O–H groups in total. The number of hydrogen-bond donors (Lipinski definition) is 13. The summed E-state index contributed by atoms with van der Waals surface area (Å²) < 4.78 is 40.1. The van der Waals surface area contributed by atoms with Crippen LogP contribution in [-0.2, 0) is 100 Å². The van der Waals surface area contributed by atoms with Crippen molar-refractivity contribution in [3.05, 3.63) is 239 Å². The highest BCUT2D eigenvalue weighted by Gasteiger charge is 2.41. The van der Waals surface area contributed by atoms with E-state index in [9.17, 15) is 42.0 Å². The van der Waals surface area contributed by atoms with Crippen LogP contribution < -0.4 is 68.8 Å². The summed E-state index contributed by atoms with van der Waals surface area (Å²) in [6.45, 7) is 3.33. The number of benzene rings is 7. The zero-order chi connectivity index (χ0) is 82.5. The number of ether oxygens (including phenoxy) is 2. The van der Waals surface area contributed by atoms with E-state index in [1.165, 1.54) is 40.6 Å². The van der Waals surface area contributed by atoms with Gasteiger partial charge in [-0.15, -0.1) is 0 Å². The van der Waals surface area contributed by atoms with Crippen LogP contribution in [0, 0.1) is 19.3 Å². The number of rotatable bonds is 45. The van der Waals surface area contributed by atoms with Gasteiger partial charge in [-0.05, 0) is 110 Å². The fraction of sp³-hybridized carbons (Fsp3) is 0.349. The highest BCUT2D eigenvalue weighted by Crippen LogP contribution is 2.24. The van der Waals surface area contributed by atoms with Crippen molar-refractivity contribution < 1.29 is 70.6 Å². The lowest BCUT2D eigenvalue weighted by atomic mass is 10.0. The van der Waals surface area contributed by atoms with E-state index in [1.54, 1.807) is 97.9 Å². The Bertz CT molecular complexity index is 4510. The minimum absolute atomic E-state index is 0.000809. The number of nitrogens with two attached hydrogens (primary N) is 2. The SMILES string of the molecule is Cc1ccc(CSCCC(=O)N[C@@H](Cc2ccc(OCc3ccccc3)cc2)C(=O)N[C@@H](Cc2ccccc2)C(=O)N[C@@H](CCCNC(=N)NS(=O)(=O)c2ccc(C)cc2)C(=O)N[C@@H](CC(N)=O)C(=O)N[C@@H](CSCc2ccccc2)C(=O)N2CCC[C@H]2C(=O)N[C@@H](CCCNC(=O)OCc2ccccc2)C(=O)NCC(N)=O)cc1. The van der Waals surface area contributed by atoms with Crippen molar-refractivity contribution in [2.45, 2.75) is 150 Å². The summed E-state index contributed by atoms with van der Waals surface area (Å²) in [5.41, 5.74) is 17.9. The van der Waals surface area contributed by atoms with E-state index in [-0.39, 0.29) is 88.3 Å². The first-order valence-electron chi connectivity index (χ1n) is 37.7. The fourth-order valence-electron chi connectivity index (χ4n) is 12.2. The van der Waals surface area contributed by atoms with Gasteiger partial charge in [-0.2, -0.15) is 23.5 Å². The number of guanidine groups is 1. The zero-order valence-electron chi connectivity index (χ0n) is 64.1. The third-order valence-electron chi connectivity index (χ3n) is 18.3. The molecular formula is C83H100N14O15S3. The Morgan fingerprint density at radius 3 is 1.58 bits per heavy atom. The number of nitrogens with zero attached hydrogens (tertiary/aromatic N) is 1. The molecule has 0 unspecified atom stereocenters. The monoisotopic (exact) mass is 1630 g/mol. The van der Waals surface area contributed by atoms with Crippen molar-refractivity contribution in [1.29, 1.82) is 5.41 Å². The lowest BCUT2D eigenvalue weighted by molar-refractivity contribution is -0.142. The highest BCUT2D eigenvalue weighted by atomic mass is 32.2. The molecule has 1 aliphatic rings. The molecule has 7 atom stereocenters. The van der Waals surface area contributed by atoms with Crippen LogP contribution in [0.5, 0.6) is 5.75 Å². The van der Waals surface area contributed by atoms with E-state index in [0.29, 0.717) is 47.2 Å². The van der Waals surface area contributed by atoms with Crippen molar-refractivity contribution in [3.63, 3.8) is 0 Å². The number of carbonyl (C=O) groups is 11. The Kier molecular flexibility index (Phi) is 35.8. The third kappa shape index (κ3) is 31.3. The Morgan fingerprint density at radius 1 is 0.504 bits per heavy atom. The molecule has 1 heterocycles. The molecule has 32 heteroatoms. The average molecular weight is 1630 g/mol. The molecule has 610 valence electrons. The number of primary amides is 2. The summed E-state index contributed by atoms with van der Waals surface area (Å²) >= 11 is 2.78. The van der Waals surface area contributed by atoms with E-state index >= 15 is 19.2 Å². The van der Waals surface area contributed by atoms with Crippen LogP contribution in [0.1, 0.15) is 95.9 Å². The maximum atomic E-state index is 15.3. The first kappa shape index (κ1) is 88.8. The second-order valence-electron chi connectivity index (χ2n) is 27.6. The van der Waals surface area contributed by atoms with Crippen molar-refractivity contribution >= 4 is 105 Å². The highest BCUT2D eigenvalue weighted by molar-refractivity contribution is 7.98. The Labute approximate surface area is 677 Å². The summed E-state index contributed by atoms with van der Waals surface area (Å²) in [6.07, 6.45) is -1.70. The van der Waals surface area contributed by atoms with Gasteiger partial charge in [-0.25, -0.2) is 17.9 Å². The lowest BCUT2D eigenvalue weighted by Crippen LogP contribution is -2.61. The van der Waals surface area contributed by atoms with Gasteiger partial charge in [0.2, 0.25) is 65.0 Å². The van der Waals surface area contributed by atoms with Gasteiger partial charge in [0.25, 0.3) is 10.0 Å². The van der Waals surface area contributed by atoms with Crippen molar-refractivity contribution in [1.82, 2.24) is 57.5 Å². The largest absolute Gasteiger partial charge is 0.489 e. The molecule has 1 fully saturated rings. The van der Waals surface area contributed by atoms with Gasteiger partial charge in [0.1, 0.15) is 61.3 Å². The molecule has 8 rings (SSSR count). The van der Waals surface area contributed by atoms with Crippen LogP contribution >= 0.6 is 23.5 Å². The van der Waals surface area contributed by atoms with Crippen LogP contribution in [0.15, 0.2) is 199 Å². The summed E-state index contributed by atoms with van der Waals surface area (Å²) in [6, 6.07) is 47.0. The zero-order valence-corrected chi connectivity index (χ0v) is 66.6. The van der Waals surface area contributed by atoms with E-state index in [1.807, 2.05) is 97.9 Å². The molecule has 0 spiro atoms. The first-order valence-corrected chi connectivity index (χ1v) is 41.5. The molecule has 0 aromatic heterocycles. The molecule has 0 saturated carbocycles. The molecule has 0 bridgehead atoms. The lowest BCUT2D eigenvalue weighted by Gasteiger charge is -2.31. The quantitative estimate of drug-likeness (QED) is 0.0131. The molecule has 11 amide bonds. The molecule has 115 heavy (non-hydrogen) atoms. The topological polar surface area (TPSA) is 440 Å². The summed E-state index contributed by atoms with van der Waals surface area (Å²) in [5.74, 6) is -7.37. The van der Waals surface area contributed by atoms with E-state index < -0.39 is 136 Å². The molecular weight excluding hydrogens is 1530 g/mol. The minimum Gasteiger partial charge on any atom is -0.489 e. The molecule has 7 aromatic rings. The normalized spacial score (nSPS) is 13.9. The molecule has 7 aromatic carbocycles. The van der Waals surface area contributed by atoms with Gasteiger partial charge in [0, 0.05) is 61.9 Å². The number of nitrogens with one attached hydrogen (secondary N) is 11. The standard InChI is InChI=1S/C83H100N14O15S3/c1-55-29-33-62(34-30-55)52-113-45-41-74(100)90-67(47-58-35-37-63(38-36-58)111-50-59-20-9-4-10-21-59)77(103)93-68(46-57-18-7-3-8-19-57)78(104)91-66(27-15-42-87-82(86)96-115(109,110)64-39-31-56(2)32-40-64)76(102)94-69(48-72(84)98)79(105)95-70(54-114-53-61-24-13-6-14-25-61)81(107)97-44-17-28-71(97)80(106)92-65(75(101)89-49-73(85)99)26-16-43-88-83(108)112-51-60-22-11-5-12-23-60/h3-14,18-25,29-40,65-71H,15-17,26-28,41-54H2,1-2H3,(H2,84,98)(H2,85,99)(H,88,108)(H,89,101)(H,90,100)(H,91,104)(H,92,106)(H,93,103)(H,94,102)(H,95,105)(H3,86,87,96)/t65-,66-,67-,68-,69-,70-,71-/m0/s1. The summed E-state index contributed by atoms with van der Waals surface area (Å²) in [4.78, 5) is 156. The van der Waals surface area contributed by atoms with Gasteiger partial charge in [-0.1, -0.05) is 181 Å². The maximum absolute atomic E-state index is 15.3. The number of carbonyl (C=O) groups excluding carboxylic acids is 11. The van der Waals surface area contributed by atoms with Crippen LogP contribution in [0.3, 0.4) is 0 Å². The van der Waals surface area contributed by atoms with E-state index in [0.717, 1.165) is 33.4 Å². The Hall–Kier alpha value is -11.8. The minimum atomic E-state index is -4.24. The Balaban J connectivity index is 1.03. The molecule has 1 aliphatic heterocycles. The number of aryl methyl sites for hydroxylation is 2. The molecule has 0 radical (unpaired) electrons. The molecule has 29 nitrogen and oxygen atoms in total. The van der Waals surface area contributed by atoms with Gasteiger partial charge in [0.05, 0.1) is 17.9 Å². The van der Waals surface area contributed by atoms with Crippen LogP contribution in [0.25, 0.3) is 0 Å². The number of amides is 11. The maximum Gasteiger partial charge on any atom is 0.407 e. The number of alkyl carbamates (subject to hydrolysis) is 1. The number of likely N-dealkylation sites (tertiary alicyclic amines) is 1. The van der Waals surface area contributed by atoms with Gasteiger partial charge in [-0.3, -0.25) is 53.4 Å². The van der Waals surface area contributed by atoms with Crippen LogP contribution in [0.2, 0.25) is 0 Å². The Morgan fingerprint density at radius 2 is 0.983 bits per heavy atom. The summed E-state index contributed by atoms with van der Waals surface area (Å²) in [7, 11) is -4.24. The van der Waals surface area contributed by atoms with Crippen LogP contribution in [-0.4, -0.2) is 164 Å². The number of thioether (sulfide) groups is 2. The smallest absolute Gasteiger partial charge is 0.407 e. The fourth-order valence-corrected chi connectivity index (χ4v) is 15.0. The van der Waals surface area contributed by atoms with Crippen molar-refractivity contribution in [3.8, 4) is 5.75 Å². The van der Waals surface area contributed by atoms with E-state index in [2.05, 4.69) is 52.6 Å². The first-order chi connectivity index (χ1) is 55.3. The predicted octanol–water partition coefficient (Wildman–Crippen LogP) is 5.29. The molecule has 0 aliphatic carbocycles. The number of sulfonamides is 1. The second-order valence-corrected chi connectivity index (χ2v) is 31.4. The number of hydrogen-bond acceptors (Lipinski definition) is 18. The average Bonchev–Trinajstić information content (AvgIpc) is 1.67. The van der Waals surface area contributed by atoms with Gasteiger partial charge in [0.15, 0.2) is 0 Å².